The summed E-state index contributed by atoms with van der Waals surface area (Å²) < 4.78 is 16.2. The van der Waals surface area contributed by atoms with Gasteiger partial charge in [0.25, 0.3) is 0 Å². The van der Waals surface area contributed by atoms with E-state index in [0.29, 0.717) is 29.1 Å². The number of aliphatic hydroxyl groups is 1. The van der Waals surface area contributed by atoms with Gasteiger partial charge >= 0.3 is 0 Å². The lowest BCUT2D eigenvalue weighted by atomic mass is 10.4. The van der Waals surface area contributed by atoms with E-state index in [-0.39, 0.29) is 24.2 Å². The van der Waals surface area contributed by atoms with Crippen molar-refractivity contribution in [3.05, 3.63) is 27.0 Å². The van der Waals surface area contributed by atoms with Gasteiger partial charge in [-0.15, -0.1) is 0 Å². The first-order valence-corrected chi connectivity index (χ1v) is 6.15. The number of aliphatic hydroxyl groups excluding tert-OH is 1. The molecule has 0 aliphatic carbocycles. The third-order valence-electron chi connectivity index (χ3n) is 2.18. The highest BCUT2D eigenvalue weighted by Gasteiger charge is 2.11. The normalized spacial score (nSPS) is 11.0. The molecule has 2 N–H and O–H groups in total. The van der Waals surface area contributed by atoms with Crippen LogP contribution in [0, 0.1) is 0 Å². The lowest BCUT2D eigenvalue weighted by Gasteiger charge is -2.05. The van der Waals surface area contributed by atoms with Gasteiger partial charge < -0.3 is 24.0 Å². The predicted octanol–water partition coefficient (Wildman–Crippen LogP) is 1.57. The van der Waals surface area contributed by atoms with Crippen molar-refractivity contribution in [3.8, 4) is 0 Å². The number of hydrogen-bond donors (Lipinski definition) is 2. The van der Waals surface area contributed by atoms with Gasteiger partial charge in [0.1, 0.15) is 6.26 Å². The number of hydrogen-bond acceptors (Lipinski definition) is 6. The van der Waals surface area contributed by atoms with E-state index < -0.39 is 0 Å². The van der Waals surface area contributed by atoms with E-state index in [1.165, 1.54) is 12.3 Å². The monoisotopic (exact) mass is 317 g/mol. The minimum absolute atomic E-state index is 0.0109. The van der Waals surface area contributed by atoms with Crippen LogP contribution in [0.1, 0.15) is 0 Å². The lowest BCUT2D eigenvalue weighted by Crippen LogP contribution is -2.12. The second-order valence-electron chi connectivity index (χ2n) is 3.48. The Labute approximate surface area is 111 Å². The van der Waals surface area contributed by atoms with Crippen LogP contribution in [0.3, 0.4) is 0 Å². The molecule has 2 rings (SSSR count). The van der Waals surface area contributed by atoms with E-state index in [4.69, 9.17) is 18.7 Å². The first kappa shape index (κ1) is 13.1. The molecular formula is C11H12BrNO5. The van der Waals surface area contributed by atoms with Gasteiger partial charge in [-0.25, -0.2) is 0 Å². The maximum Gasteiger partial charge on any atom is 0.230 e. The van der Waals surface area contributed by atoms with Crippen molar-refractivity contribution in [2.45, 2.75) is 0 Å². The van der Waals surface area contributed by atoms with E-state index in [0.717, 1.165) is 0 Å². The molecule has 0 bridgehead atoms. The van der Waals surface area contributed by atoms with Gasteiger partial charge in [-0.3, -0.25) is 4.79 Å². The zero-order valence-corrected chi connectivity index (χ0v) is 11.0. The summed E-state index contributed by atoms with van der Waals surface area (Å²) in [5.74, 6) is 0.349. The Balaban J connectivity index is 2.05. The van der Waals surface area contributed by atoms with Gasteiger partial charge in [0.2, 0.25) is 11.0 Å². The standard InChI is InChI=1S/C11H12BrNO5/c12-7-6-17-11-8(15)5-9(18-10(7)11)13-1-3-16-4-2-14/h5-6,13-14H,1-4H2. The first-order valence-electron chi connectivity index (χ1n) is 5.35. The molecule has 0 saturated carbocycles. The number of ether oxygens (including phenoxy) is 1. The summed E-state index contributed by atoms with van der Waals surface area (Å²) in [6, 6.07) is 1.32. The van der Waals surface area contributed by atoms with Crippen molar-refractivity contribution in [2.75, 3.05) is 31.7 Å². The van der Waals surface area contributed by atoms with Crippen LogP contribution < -0.4 is 10.7 Å². The largest absolute Gasteiger partial charge is 0.456 e. The maximum absolute atomic E-state index is 11.7. The smallest absolute Gasteiger partial charge is 0.230 e. The van der Waals surface area contributed by atoms with Crippen LogP contribution >= 0.6 is 15.9 Å². The van der Waals surface area contributed by atoms with Gasteiger partial charge in [-0.1, -0.05) is 0 Å². The van der Waals surface area contributed by atoms with Crippen molar-refractivity contribution < 1.29 is 18.7 Å². The molecule has 2 aromatic rings. The molecule has 6 nitrogen and oxygen atoms in total. The number of halogens is 1. The van der Waals surface area contributed by atoms with E-state index in [1.54, 1.807) is 0 Å². The summed E-state index contributed by atoms with van der Waals surface area (Å²) in [6.45, 7) is 1.17. The molecule has 0 aliphatic heterocycles. The van der Waals surface area contributed by atoms with Crippen molar-refractivity contribution in [2.24, 2.45) is 0 Å². The molecule has 0 saturated heterocycles. The second kappa shape index (κ2) is 6.03. The number of fused-ring (bicyclic) bond motifs is 1. The Morgan fingerprint density at radius 1 is 1.39 bits per heavy atom. The summed E-state index contributed by atoms with van der Waals surface area (Å²) in [5, 5.41) is 11.4. The predicted molar refractivity (Wildman–Crippen MR) is 68.8 cm³/mol. The van der Waals surface area contributed by atoms with Crippen LogP contribution in [-0.2, 0) is 4.74 Å². The molecule has 2 aromatic heterocycles. The zero-order chi connectivity index (χ0) is 13.0. The Morgan fingerprint density at radius 3 is 3.00 bits per heavy atom. The quantitative estimate of drug-likeness (QED) is 0.787. The van der Waals surface area contributed by atoms with E-state index in [9.17, 15) is 4.79 Å². The van der Waals surface area contributed by atoms with Crippen molar-refractivity contribution in [1.29, 1.82) is 0 Å². The number of rotatable bonds is 6. The molecule has 18 heavy (non-hydrogen) atoms. The molecule has 0 amide bonds. The fourth-order valence-corrected chi connectivity index (χ4v) is 1.77. The van der Waals surface area contributed by atoms with Crippen molar-refractivity contribution in [3.63, 3.8) is 0 Å². The maximum atomic E-state index is 11.7. The average molecular weight is 318 g/mol. The SMILES string of the molecule is O=c1cc(NCCOCCO)oc2c(Br)coc12. The molecule has 0 spiro atoms. The highest BCUT2D eigenvalue weighted by Crippen LogP contribution is 2.25. The van der Waals surface area contributed by atoms with Crippen LogP contribution in [0.25, 0.3) is 11.2 Å². The Hall–Kier alpha value is -1.31. The van der Waals surface area contributed by atoms with Crippen LogP contribution in [0.15, 0.2) is 30.4 Å². The fraction of sp³-hybridized carbons (Fsp3) is 0.364. The first-order chi connectivity index (χ1) is 8.72. The molecule has 0 radical (unpaired) electrons. The number of anilines is 1. The van der Waals surface area contributed by atoms with Crippen LogP contribution in [-0.4, -0.2) is 31.5 Å². The summed E-state index contributed by atoms with van der Waals surface area (Å²) in [6.07, 6.45) is 1.41. The van der Waals surface area contributed by atoms with Gasteiger partial charge in [0, 0.05) is 12.6 Å². The molecule has 0 fully saturated rings. The highest BCUT2D eigenvalue weighted by atomic mass is 79.9. The Morgan fingerprint density at radius 2 is 2.22 bits per heavy atom. The molecule has 98 valence electrons. The Bertz CT molecular complexity index is 576. The molecule has 0 unspecified atom stereocenters. The summed E-state index contributed by atoms with van der Waals surface area (Å²) in [4.78, 5) is 11.7. The van der Waals surface area contributed by atoms with E-state index >= 15 is 0 Å². The van der Waals surface area contributed by atoms with Gasteiger partial charge in [0.15, 0.2) is 11.5 Å². The van der Waals surface area contributed by atoms with Crippen LogP contribution in [0.4, 0.5) is 5.88 Å². The topological polar surface area (TPSA) is 84.8 Å². The number of nitrogens with one attached hydrogen (secondary N) is 1. The second-order valence-corrected chi connectivity index (χ2v) is 4.33. The third kappa shape index (κ3) is 2.92. The average Bonchev–Trinajstić information content (AvgIpc) is 2.72. The molecule has 0 atom stereocenters. The van der Waals surface area contributed by atoms with Gasteiger partial charge in [0.05, 0.1) is 24.3 Å². The minimum atomic E-state index is -0.249. The summed E-state index contributed by atoms with van der Waals surface area (Å²) in [5.41, 5.74) is 0.311. The molecule has 2 heterocycles. The molecule has 7 heteroatoms. The molecule has 0 aliphatic rings. The fourth-order valence-electron chi connectivity index (χ4n) is 1.42. The Kier molecular flexibility index (Phi) is 4.40. The van der Waals surface area contributed by atoms with Gasteiger partial charge in [-0.05, 0) is 15.9 Å². The van der Waals surface area contributed by atoms with E-state index in [2.05, 4.69) is 21.2 Å². The summed E-state index contributed by atoms with van der Waals surface area (Å²) in [7, 11) is 0. The van der Waals surface area contributed by atoms with Crippen molar-refractivity contribution >= 4 is 33.0 Å². The van der Waals surface area contributed by atoms with Gasteiger partial charge in [-0.2, -0.15) is 0 Å². The third-order valence-corrected chi connectivity index (χ3v) is 2.73. The highest BCUT2D eigenvalue weighted by molar-refractivity contribution is 9.10. The van der Waals surface area contributed by atoms with E-state index in [1.807, 2.05) is 0 Å². The molecule has 0 aromatic carbocycles. The van der Waals surface area contributed by atoms with Crippen LogP contribution in [0.2, 0.25) is 0 Å². The number of furan rings is 1. The lowest BCUT2D eigenvalue weighted by molar-refractivity contribution is 0.0990. The van der Waals surface area contributed by atoms with Crippen LogP contribution in [0.5, 0.6) is 0 Å². The molecular weight excluding hydrogens is 306 g/mol. The summed E-state index contributed by atoms with van der Waals surface area (Å²) >= 11 is 3.23. The zero-order valence-electron chi connectivity index (χ0n) is 9.44. The minimum Gasteiger partial charge on any atom is -0.456 e. The van der Waals surface area contributed by atoms with Crippen molar-refractivity contribution in [1.82, 2.24) is 0 Å².